The van der Waals surface area contributed by atoms with E-state index in [9.17, 15) is 19.7 Å². The number of benzene rings is 2. The largest absolute Gasteiger partial charge is 0.493 e. The summed E-state index contributed by atoms with van der Waals surface area (Å²) in [6, 6.07) is 11.7. The van der Waals surface area contributed by atoms with Crippen molar-refractivity contribution >= 4 is 17.6 Å². The smallest absolute Gasteiger partial charge is 0.345 e. The third-order valence-corrected chi connectivity index (χ3v) is 4.28. The molecule has 0 aliphatic heterocycles. The van der Waals surface area contributed by atoms with Crippen molar-refractivity contribution in [3.8, 4) is 11.5 Å². The van der Waals surface area contributed by atoms with Crippen LogP contribution in [0.5, 0.6) is 11.5 Å². The fourth-order valence-electron chi connectivity index (χ4n) is 2.77. The number of amides is 1. The van der Waals surface area contributed by atoms with Crippen molar-refractivity contribution in [2.75, 3.05) is 26.9 Å². The Kier molecular flexibility index (Phi) is 8.16. The highest BCUT2D eigenvalue weighted by Gasteiger charge is 2.27. The summed E-state index contributed by atoms with van der Waals surface area (Å²) in [5, 5.41) is 11.4. The van der Waals surface area contributed by atoms with Gasteiger partial charge in [0.15, 0.2) is 18.1 Å². The van der Waals surface area contributed by atoms with Gasteiger partial charge >= 0.3 is 5.97 Å². The fourth-order valence-corrected chi connectivity index (χ4v) is 2.77. The van der Waals surface area contributed by atoms with Crippen molar-refractivity contribution in [2.45, 2.75) is 20.4 Å². The molecule has 1 amide bonds. The number of carbonyl (C=O) groups excluding carboxylic acids is 2. The van der Waals surface area contributed by atoms with Crippen molar-refractivity contribution in [1.29, 1.82) is 0 Å². The lowest BCUT2D eigenvalue weighted by molar-refractivity contribution is -0.385. The molecule has 0 N–H and O–H groups in total. The summed E-state index contributed by atoms with van der Waals surface area (Å²) in [7, 11) is 1.34. The Bertz CT molecular complexity index is 900. The van der Waals surface area contributed by atoms with E-state index < -0.39 is 29.1 Å². The van der Waals surface area contributed by atoms with Gasteiger partial charge in [0, 0.05) is 19.2 Å². The molecule has 0 bridgehead atoms. The summed E-state index contributed by atoms with van der Waals surface area (Å²) >= 11 is 0. The number of methoxy groups -OCH3 is 1. The summed E-state index contributed by atoms with van der Waals surface area (Å²) in [4.78, 5) is 37.2. The van der Waals surface area contributed by atoms with Gasteiger partial charge in [-0.3, -0.25) is 14.9 Å². The SMILES string of the molecule is CCOc1cc(C(=O)OCC(=O)N(CC)Cc2ccccc2)c([N+](=O)[O-])cc1OC. The quantitative estimate of drug-likeness (QED) is 0.332. The molecule has 0 atom stereocenters. The van der Waals surface area contributed by atoms with Gasteiger partial charge < -0.3 is 19.1 Å². The predicted octanol–water partition coefficient (Wildman–Crippen LogP) is 3.21. The first-order valence-electron chi connectivity index (χ1n) is 9.39. The van der Waals surface area contributed by atoms with Gasteiger partial charge in [-0.25, -0.2) is 4.79 Å². The van der Waals surface area contributed by atoms with E-state index in [1.54, 1.807) is 6.92 Å². The molecule has 9 nitrogen and oxygen atoms in total. The molecular formula is C21H24N2O7. The lowest BCUT2D eigenvalue weighted by Gasteiger charge is -2.21. The first-order chi connectivity index (χ1) is 14.4. The third-order valence-electron chi connectivity index (χ3n) is 4.28. The molecule has 0 aliphatic rings. The van der Waals surface area contributed by atoms with Gasteiger partial charge in [0.1, 0.15) is 5.56 Å². The molecule has 0 fully saturated rings. The number of nitro groups is 1. The first-order valence-corrected chi connectivity index (χ1v) is 9.39. The van der Waals surface area contributed by atoms with E-state index in [-0.39, 0.29) is 23.7 Å². The van der Waals surface area contributed by atoms with E-state index in [0.717, 1.165) is 11.6 Å². The summed E-state index contributed by atoms with van der Waals surface area (Å²) in [5.41, 5.74) is 0.124. The van der Waals surface area contributed by atoms with Crippen LogP contribution in [0.1, 0.15) is 29.8 Å². The molecule has 0 spiro atoms. The second-order valence-electron chi connectivity index (χ2n) is 6.18. The zero-order valence-corrected chi connectivity index (χ0v) is 17.1. The maximum Gasteiger partial charge on any atom is 0.345 e. The highest BCUT2D eigenvalue weighted by molar-refractivity contribution is 5.96. The molecule has 160 valence electrons. The van der Waals surface area contributed by atoms with Gasteiger partial charge in [-0.2, -0.15) is 0 Å². The van der Waals surface area contributed by atoms with Crippen LogP contribution in [0.3, 0.4) is 0 Å². The summed E-state index contributed by atoms with van der Waals surface area (Å²) < 4.78 is 15.5. The van der Waals surface area contributed by atoms with E-state index >= 15 is 0 Å². The van der Waals surface area contributed by atoms with Gasteiger partial charge in [-0.15, -0.1) is 0 Å². The Hall–Kier alpha value is -3.62. The van der Waals surface area contributed by atoms with Crippen molar-refractivity contribution < 1.29 is 28.7 Å². The molecule has 0 aliphatic carbocycles. The van der Waals surface area contributed by atoms with Crippen LogP contribution in [0.2, 0.25) is 0 Å². The van der Waals surface area contributed by atoms with Crippen LogP contribution in [0.4, 0.5) is 5.69 Å². The summed E-state index contributed by atoms with van der Waals surface area (Å²) in [5.74, 6) is -1.11. The monoisotopic (exact) mass is 416 g/mol. The highest BCUT2D eigenvalue weighted by atomic mass is 16.6. The van der Waals surface area contributed by atoms with E-state index in [0.29, 0.717) is 13.1 Å². The Labute approximate surface area is 174 Å². The number of nitrogens with zero attached hydrogens (tertiary/aromatic N) is 2. The predicted molar refractivity (Wildman–Crippen MR) is 109 cm³/mol. The average molecular weight is 416 g/mol. The van der Waals surface area contributed by atoms with Gasteiger partial charge in [0.2, 0.25) is 0 Å². The number of hydrogen-bond donors (Lipinski definition) is 0. The first kappa shape index (κ1) is 22.7. The summed E-state index contributed by atoms with van der Waals surface area (Å²) in [6.45, 7) is 4.06. The Morgan fingerprint density at radius 1 is 1.10 bits per heavy atom. The maximum atomic E-state index is 12.5. The van der Waals surface area contributed by atoms with Crippen LogP contribution >= 0.6 is 0 Å². The molecule has 2 aromatic carbocycles. The van der Waals surface area contributed by atoms with Gasteiger partial charge in [-0.1, -0.05) is 30.3 Å². The topological polar surface area (TPSA) is 108 Å². The molecule has 2 rings (SSSR count). The Morgan fingerprint density at radius 3 is 2.37 bits per heavy atom. The van der Waals surface area contributed by atoms with Crippen molar-refractivity contribution in [2.24, 2.45) is 0 Å². The minimum Gasteiger partial charge on any atom is -0.493 e. The molecule has 2 aromatic rings. The van der Waals surface area contributed by atoms with Gasteiger partial charge in [-0.05, 0) is 19.4 Å². The molecule has 9 heteroatoms. The number of rotatable bonds is 10. The molecule has 0 saturated carbocycles. The van der Waals surface area contributed by atoms with Crippen molar-refractivity contribution in [3.63, 3.8) is 0 Å². The van der Waals surface area contributed by atoms with Crippen molar-refractivity contribution in [3.05, 3.63) is 63.7 Å². The van der Waals surface area contributed by atoms with Gasteiger partial charge in [0.25, 0.3) is 11.6 Å². The second kappa shape index (κ2) is 10.8. The number of nitro benzene ring substituents is 1. The Balaban J connectivity index is 2.15. The number of esters is 1. The van der Waals surface area contributed by atoms with Gasteiger partial charge in [0.05, 0.1) is 24.7 Å². The van der Waals surface area contributed by atoms with Crippen LogP contribution in [0.15, 0.2) is 42.5 Å². The minimum absolute atomic E-state index is 0.121. The van der Waals surface area contributed by atoms with Crippen LogP contribution in [0, 0.1) is 10.1 Å². The molecule has 0 saturated heterocycles. The minimum atomic E-state index is -0.991. The lowest BCUT2D eigenvalue weighted by atomic mass is 10.1. The number of ether oxygens (including phenoxy) is 3. The van der Waals surface area contributed by atoms with Crippen LogP contribution in [-0.4, -0.2) is 48.6 Å². The molecule has 0 heterocycles. The van der Waals surface area contributed by atoms with Crippen LogP contribution < -0.4 is 9.47 Å². The molecule has 30 heavy (non-hydrogen) atoms. The zero-order chi connectivity index (χ0) is 22.1. The molecular weight excluding hydrogens is 392 g/mol. The number of carbonyl (C=O) groups is 2. The van der Waals surface area contributed by atoms with E-state index in [1.165, 1.54) is 18.1 Å². The standard InChI is InChI=1S/C21H24N2O7/c1-4-22(13-15-9-7-6-8-10-15)20(24)14-30-21(25)16-11-19(29-5-2)18(28-3)12-17(16)23(26)27/h6-12H,4-5,13-14H2,1-3H3. The third kappa shape index (κ3) is 5.69. The van der Waals surface area contributed by atoms with E-state index in [1.807, 2.05) is 37.3 Å². The molecule has 0 radical (unpaired) electrons. The fraction of sp³-hybridized carbons (Fsp3) is 0.333. The average Bonchev–Trinajstić information content (AvgIpc) is 2.76. The van der Waals surface area contributed by atoms with Crippen molar-refractivity contribution in [1.82, 2.24) is 4.90 Å². The lowest BCUT2D eigenvalue weighted by Crippen LogP contribution is -2.34. The van der Waals surface area contributed by atoms with E-state index in [4.69, 9.17) is 14.2 Å². The second-order valence-corrected chi connectivity index (χ2v) is 6.18. The maximum absolute atomic E-state index is 12.5. The summed E-state index contributed by atoms with van der Waals surface area (Å²) in [6.07, 6.45) is 0. The molecule has 0 aromatic heterocycles. The number of likely N-dealkylation sites (N-methyl/N-ethyl adjacent to an activating group) is 1. The van der Waals surface area contributed by atoms with Crippen LogP contribution in [-0.2, 0) is 16.1 Å². The Morgan fingerprint density at radius 2 is 1.80 bits per heavy atom. The number of hydrogen-bond acceptors (Lipinski definition) is 7. The zero-order valence-electron chi connectivity index (χ0n) is 17.1. The highest BCUT2D eigenvalue weighted by Crippen LogP contribution is 2.35. The normalized spacial score (nSPS) is 10.2. The van der Waals surface area contributed by atoms with Crippen LogP contribution in [0.25, 0.3) is 0 Å². The molecule has 0 unspecified atom stereocenters. The van der Waals surface area contributed by atoms with E-state index in [2.05, 4.69) is 0 Å².